The fraction of sp³-hybridized carbons (Fsp3) is 0.350. The third kappa shape index (κ3) is 4.50. The molecule has 0 aromatic heterocycles. The number of halogens is 2. The average molecular weight is 394 g/mol. The van der Waals surface area contributed by atoms with Crippen LogP contribution in [0.5, 0.6) is 5.75 Å². The number of amides is 1. The monoisotopic (exact) mass is 393 g/mol. The molecule has 138 valence electrons. The van der Waals surface area contributed by atoms with Crippen LogP contribution in [0.15, 0.2) is 42.5 Å². The lowest BCUT2D eigenvalue weighted by molar-refractivity contribution is 0.0506. The lowest BCUT2D eigenvalue weighted by atomic mass is 10.1. The van der Waals surface area contributed by atoms with Crippen LogP contribution in [-0.2, 0) is 11.3 Å². The van der Waals surface area contributed by atoms with Gasteiger partial charge in [0.05, 0.1) is 23.8 Å². The van der Waals surface area contributed by atoms with Crippen LogP contribution in [0.3, 0.4) is 0 Å². The zero-order valence-corrected chi connectivity index (χ0v) is 16.1. The normalized spacial score (nSPS) is 16.5. The van der Waals surface area contributed by atoms with Gasteiger partial charge >= 0.3 is 0 Å². The largest absolute Gasteiger partial charge is 0.496 e. The van der Waals surface area contributed by atoms with Crippen LogP contribution in [0.1, 0.15) is 28.8 Å². The van der Waals surface area contributed by atoms with E-state index in [9.17, 15) is 4.79 Å². The Kier molecular flexibility index (Phi) is 6.41. The second kappa shape index (κ2) is 8.76. The molecule has 1 aliphatic rings. The van der Waals surface area contributed by atoms with E-state index >= 15 is 0 Å². The Morgan fingerprint density at radius 2 is 2.08 bits per heavy atom. The molecule has 26 heavy (non-hydrogen) atoms. The summed E-state index contributed by atoms with van der Waals surface area (Å²) in [4.78, 5) is 14.9. The van der Waals surface area contributed by atoms with Gasteiger partial charge in [-0.05, 0) is 37.1 Å². The van der Waals surface area contributed by atoms with Crippen LogP contribution < -0.4 is 4.74 Å². The smallest absolute Gasteiger partial charge is 0.255 e. The molecule has 1 saturated heterocycles. The van der Waals surface area contributed by atoms with Gasteiger partial charge in [-0.25, -0.2) is 0 Å². The Balaban J connectivity index is 1.87. The maximum Gasteiger partial charge on any atom is 0.255 e. The summed E-state index contributed by atoms with van der Waals surface area (Å²) < 4.78 is 11.2. The molecule has 0 spiro atoms. The van der Waals surface area contributed by atoms with Crippen molar-refractivity contribution in [2.24, 2.45) is 0 Å². The van der Waals surface area contributed by atoms with Crippen molar-refractivity contribution in [2.45, 2.75) is 25.5 Å². The first kappa shape index (κ1) is 19.0. The topological polar surface area (TPSA) is 38.8 Å². The van der Waals surface area contributed by atoms with Crippen molar-refractivity contribution in [1.29, 1.82) is 0 Å². The van der Waals surface area contributed by atoms with Gasteiger partial charge in [0.25, 0.3) is 5.91 Å². The lowest BCUT2D eigenvalue weighted by Gasteiger charge is -2.26. The highest BCUT2D eigenvalue weighted by molar-refractivity contribution is 6.36. The molecule has 0 aliphatic carbocycles. The van der Waals surface area contributed by atoms with Crippen molar-refractivity contribution in [3.05, 3.63) is 63.6 Å². The fourth-order valence-electron chi connectivity index (χ4n) is 3.13. The maximum absolute atomic E-state index is 13.2. The highest BCUT2D eigenvalue weighted by Gasteiger charge is 2.25. The number of nitrogens with zero attached hydrogens (tertiary/aromatic N) is 1. The van der Waals surface area contributed by atoms with E-state index in [-0.39, 0.29) is 12.0 Å². The van der Waals surface area contributed by atoms with Crippen LogP contribution >= 0.6 is 23.2 Å². The van der Waals surface area contributed by atoms with Crippen LogP contribution in [0.2, 0.25) is 10.0 Å². The van der Waals surface area contributed by atoms with Gasteiger partial charge in [0, 0.05) is 30.3 Å². The van der Waals surface area contributed by atoms with Gasteiger partial charge in [-0.3, -0.25) is 4.79 Å². The van der Waals surface area contributed by atoms with Gasteiger partial charge in [0.1, 0.15) is 5.75 Å². The molecule has 3 rings (SSSR count). The Morgan fingerprint density at radius 1 is 1.27 bits per heavy atom. The van der Waals surface area contributed by atoms with E-state index in [1.54, 1.807) is 30.2 Å². The van der Waals surface area contributed by atoms with Gasteiger partial charge < -0.3 is 14.4 Å². The summed E-state index contributed by atoms with van der Waals surface area (Å²) >= 11 is 12.2. The van der Waals surface area contributed by atoms with Crippen LogP contribution in [-0.4, -0.2) is 37.2 Å². The second-order valence-corrected chi connectivity index (χ2v) is 7.10. The predicted octanol–water partition coefficient (Wildman–Crippen LogP) is 4.82. The van der Waals surface area contributed by atoms with Crippen molar-refractivity contribution >= 4 is 29.1 Å². The minimum Gasteiger partial charge on any atom is -0.496 e. The van der Waals surface area contributed by atoms with Crippen LogP contribution in [0.4, 0.5) is 0 Å². The van der Waals surface area contributed by atoms with Crippen LogP contribution in [0, 0.1) is 0 Å². The number of methoxy groups -OCH3 is 1. The summed E-state index contributed by atoms with van der Waals surface area (Å²) in [5, 5.41) is 0.849. The molecule has 4 nitrogen and oxygen atoms in total. The summed E-state index contributed by atoms with van der Waals surface area (Å²) in [6.45, 7) is 1.67. The van der Waals surface area contributed by atoms with Crippen molar-refractivity contribution in [3.63, 3.8) is 0 Å². The molecule has 1 heterocycles. The minimum atomic E-state index is -0.145. The van der Waals surface area contributed by atoms with E-state index in [1.807, 2.05) is 24.3 Å². The SMILES string of the molecule is COc1ccccc1CN(CC1CCCO1)C(=O)c1ccc(Cl)cc1Cl. The Labute approximate surface area is 163 Å². The van der Waals surface area contributed by atoms with Crippen molar-refractivity contribution in [2.75, 3.05) is 20.3 Å². The zero-order valence-electron chi connectivity index (χ0n) is 14.6. The number of hydrogen-bond donors (Lipinski definition) is 0. The van der Waals surface area contributed by atoms with Crippen LogP contribution in [0.25, 0.3) is 0 Å². The molecule has 1 fully saturated rings. The zero-order chi connectivity index (χ0) is 18.5. The van der Waals surface area contributed by atoms with Gasteiger partial charge in [-0.2, -0.15) is 0 Å². The van der Waals surface area contributed by atoms with Crippen molar-refractivity contribution < 1.29 is 14.3 Å². The second-order valence-electron chi connectivity index (χ2n) is 6.26. The van der Waals surface area contributed by atoms with E-state index < -0.39 is 0 Å². The molecule has 0 N–H and O–H groups in total. The number of para-hydroxylation sites is 1. The molecule has 0 saturated carbocycles. The number of hydrogen-bond acceptors (Lipinski definition) is 3. The van der Waals surface area contributed by atoms with Gasteiger partial charge in [-0.15, -0.1) is 0 Å². The number of carbonyl (C=O) groups excluding carboxylic acids is 1. The van der Waals surface area contributed by atoms with E-state index in [4.69, 9.17) is 32.7 Å². The van der Waals surface area contributed by atoms with Crippen molar-refractivity contribution in [3.8, 4) is 5.75 Å². The Hall–Kier alpha value is -1.75. The number of ether oxygens (including phenoxy) is 2. The van der Waals surface area contributed by atoms with E-state index in [0.29, 0.717) is 28.7 Å². The highest BCUT2D eigenvalue weighted by Crippen LogP contribution is 2.26. The minimum absolute atomic E-state index is 0.0414. The molecule has 0 bridgehead atoms. The van der Waals surface area contributed by atoms with E-state index in [2.05, 4.69) is 0 Å². The molecule has 1 atom stereocenters. The summed E-state index contributed by atoms with van der Waals surface area (Å²) in [5.41, 5.74) is 1.37. The lowest BCUT2D eigenvalue weighted by Crippen LogP contribution is -2.37. The molecule has 1 aliphatic heterocycles. The van der Waals surface area contributed by atoms with Gasteiger partial charge in [0.15, 0.2) is 0 Å². The Morgan fingerprint density at radius 3 is 2.77 bits per heavy atom. The predicted molar refractivity (Wildman–Crippen MR) is 103 cm³/mol. The first-order chi connectivity index (χ1) is 12.6. The average Bonchev–Trinajstić information content (AvgIpc) is 3.14. The van der Waals surface area contributed by atoms with Gasteiger partial charge in [-0.1, -0.05) is 41.4 Å². The molecular weight excluding hydrogens is 373 g/mol. The third-order valence-electron chi connectivity index (χ3n) is 4.45. The molecular formula is C20H21Cl2NO3. The standard InChI is InChI=1S/C20H21Cl2NO3/c1-25-19-7-3-2-5-14(19)12-23(13-16-6-4-10-26-16)20(24)17-9-8-15(21)11-18(17)22/h2-3,5,7-9,11,16H,4,6,10,12-13H2,1H3. The third-order valence-corrected chi connectivity index (χ3v) is 5.00. The fourth-order valence-corrected chi connectivity index (χ4v) is 3.62. The number of benzene rings is 2. The van der Waals surface area contributed by atoms with Gasteiger partial charge in [0.2, 0.25) is 0 Å². The molecule has 2 aromatic carbocycles. The van der Waals surface area contributed by atoms with E-state index in [1.165, 1.54) is 0 Å². The molecule has 0 radical (unpaired) electrons. The first-order valence-electron chi connectivity index (χ1n) is 8.56. The number of rotatable bonds is 6. The Bertz CT molecular complexity index is 775. The molecule has 1 amide bonds. The summed E-state index contributed by atoms with van der Waals surface area (Å²) in [6, 6.07) is 12.6. The first-order valence-corrected chi connectivity index (χ1v) is 9.32. The quantitative estimate of drug-likeness (QED) is 0.705. The highest BCUT2D eigenvalue weighted by atomic mass is 35.5. The molecule has 1 unspecified atom stereocenters. The summed E-state index contributed by atoms with van der Waals surface area (Å²) in [5.74, 6) is 0.605. The maximum atomic E-state index is 13.2. The summed E-state index contributed by atoms with van der Waals surface area (Å²) in [6.07, 6.45) is 2.01. The van der Waals surface area contributed by atoms with Crippen molar-refractivity contribution in [1.82, 2.24) is 4.90 Å². The molecule has 2 aromatic rings. The van der Waals surface area contributed by atoms with E-state index in [0.717, 1.165) is 30.8 Å². The molecule has 6 heteroatoms. The number of carbonyl (C=O) groups is 1. The summed E-state index contributed by atoms with van der Waals surface area (Å²) in [7, 11) is 1.63.